The number of ether oxygens (including phenoxy) is 1. The van der Waals surface area contributed by atoms with Crippen molar-refractivity contribution in [3.63, 3.8) is 0 Å². The highest BCUT2D eigenvalue weighted by Gasteiger charge is 2.16. The molecule has 0 radical (unpaired) electrons. The summed E-state index contributed by atoms with van der Waals surface area (Å²) < 4.78 is 31.5. The van der Waals surface area contributed by atoms with Crippen LogP contribution < -0.4 is 14.8 Å². The first-order chi connectivity index (χ1) is 9.90. The molecule has 0 aliphatic carbocycles. The van der Waals surface area contributed by atoms with Crippen LogP contribution in [0.1, 0.15) is 25.3 Å². The van der Waals surface area contributed by atoms with E-state index in [1.54, 1.807) is 13.0 Å². The van der Waals surface area contributed by atoms with E-state index >= 15 is 0 Å². The standard InChI is InChI=1S/C14H22N2O4S/c1-4-5-8-15-14(17)10-16-21(18,19)12-6-7-13(20-3)11(2)9-12/h6-7,9,16H,4-5,8,10H2,1-3H3,(H,15,17). The van der Waals surface area contributed by atoms with Gasteiger partial charge in [0.1, 0.15) is 5.75 Å². The van der Waals surface area contributed by atoms with E-state index in [1.807, 2.05) is 6.92 Å². The number of carbonyl (C=O) groups is 1. The molecule has 0 heterocycles. The third-order valence-electron chi connectivity index (χ3n) is 2.95. The molecule has 0 atom stereocenters. The van der Waals surface area contributed by atoms with Gasteiger partial charge in [-0.05, 0) is 37.1 Å². The van der Waals surface area contributed by atoms with Gasteiger partial charge in [-0.15, -0.1) is 0 Å². The van der Waals surface area contributed by atoms with E-state index < -0.39 is 10.0 Å². The summed E-state index contributed by atoms with van der Waals surface area (Å²) in [6.07, 6.45) is 1.84. The molecule has 0 saturated heterocycles. The fourth-order valence-electron chi connectivity index (χ4n) is 1.73. The Kier molecular flexibility index (Phi) is 6.64. The third kappa shape index (κ3) is 5.35. The lowest BCUT2D eigenvalue weighted by molar-refractivity contribution is -0.119. The minimum absolute atomic E-state index is 0.113. The van der Waals surface area contributed by atoms with Crippen molar-refractivity contribution in [2.75, 3.05) is 20.2 Å². The van der Waals surface area contributed by atoms with E-state index in [4.69, 9.17) is 4.74 Å². The fourth-order valence-corrected chi connectivity index (χ4v) is 2.80. The molecular weight excluding hydrogens is 292 g/mol. The van der Waals surface area contributed by atoms with Gasteiger partial charge in [0.25, 0.3) is 0 Å². The van der Waals surface area contributed by atoms with Gasteiger partial charge in [0.05, 0.1) is 18.6 Å². The van der Waals surface area contributed by atoms with Crippen molar-refractivity contribution in [3.05, 3.63) is 23.8 Å². The summed E-state index contributed by atoms with van der Waals surface area (Å²) >= 11 is 0. The predicted octanol–water partition coefficient (Wildman–Crippen LogP) is 1.20. The molecular formula is C14H22N2O4S. The van der Waals surface area contributed by atoms with Crippen LogP contribution in [0.15, 0.2) is 23.1 Å². The van der Waals surface area contributed by atoms with Gasteiger partial charge in [-0.25, -0.2) is 13.1 Å². The van der Waals surface area contributed by atoms with E-state index in [-0.39, 0.29) is 17.3 Å². The number of nitrogens with one attached hydrogen (secondary N) is 2. The minimum Gasteiger partial charge on any atom is -0.496 e. The fraction of sp³-hybridized carbons (Fsp3) is 0.500. The molecule has 0 aliphatic heterocycles. The highest BCUT2D eigenvalue weighted by atomic mass is 32.2. The first kappa shape index (κ1) is 17.5. The lowest BCUT2D eigenvalue weighted by Crippen LogP contribution is -2.37. The normalized spacial score (nSPS) is 11.2. The smallest absolute Gasteiger partial charge is 0.241 e. The lowest BCUT2D eigenvalue weighted by atomic mass is 10.2. The molecule has 7 heteroatoms. The average molecular weight is 314 g/mol. The van der Waals surface area contributed by atoms with Crippen LogP contribution >= 0.6 is 0 Å². The maximum Gasteiger partial charge on any atom is 0.241 e. The van der Waals surface area contributed by atoms with Crippen molar-refractivity contribution in [2.45, 2.75) is 31.6 Å². The van der Waals surface area contributed by atoms with Crippen molar-refractivity contribution in [1.29, 1.82) is 0 Å². The van der Waals surface area contributed by atoms with Gasteiger partial charge < -0.3 is 10.1 Å². The molecule has 2 N–H and O–H groups in total. The first-order valence-corrected chi connectivity index (χ1v) is 8.30. The number of carbonyl (C=O) groups excluding carboxylic acids is 1. The largest absolute Gasteiger partial charge is 0.496 e. The minimum atomic E-state index is -3.70. The molecule has 118 valence electrons. The van der Waals surface area contributed by atoms with Crippen molar-refractivity contribution in [3.8, 4) is 5.75 Å². The molecule has 0 spiro atoms. The van der Waals surface area contributed by atoms with Crippen LogP contribution in [0.25, 0.3) is 0 Å². The van der Waals surface area contributed by atoms with Crippen molar-refractivity contribution in [2.24, 2.45) is 0 Å². The topological polar surface area (TPSA) is 84.5 Å². The Bertz CT molecular complexity index is 585. The Balaban J connectivity index is 2.65. The van der Waals surface area contributed by atoms with Crippen molar-refractivity contribution >= 4 is 15.9 Å². The van der Waals surface area contributed by atoms with Gasteiger partial charge in [-0.1, -0.05) is 13.3 Å². The summed E-state index contributed by atoms with van der Waals surface area (Å²) in [5.74, 6) is 0.281. The van der Waals surface area contributed by atoms with Gasteiger partial charge in [0.15, 0.2) is 0 Å². The summed E-state index contributed by atoms with van der Waals surface area (Å²) in [6, 6.07) is 4.55. The Morgan fingerprint density at radius 1 is 1.33 bits per heavy atom. The zero-order valence-corrected chi connectivity index (χ0v) is 13.4. The summed E-state index contributed by atoms with van der Waals surface area (Å²) in [5.41, 5.74) is 0.716. The number of benzene rings is 1. The molecule has 1 aromatic rings. The zero-order valence-electron chi connectivity index (χ0n) is 12.6. The molecule has 0 bridgehead atoms. The second kappa shape index (κ2) is 7.99. The number of unbranched alkanes of at least 4 members (excludes halogenated alkanes) is 1. The van der Waals surface area contributed by atoms with Crippen LogP contribution in [-0.2, 0) is 14.8 Å². The molecule has 6 nitrogen and oxygen atoms in total. The summed E-state index contributed by atoms with van der Waals surface area (Å²) in [5, 5.41) is 2.65. The number of methoxy groups -OCH3 is 1. The quantitative estimate of drug-likeness (QED) is 0.706. The van der Waals surface area contributed by atoms with Gasteiger partial charge in [0.2, 0.25) is 15.9 Å². The summed E-state index contributed by atoms with van der Waals surface area (Å²) in [7, 11) is -2.18. The van der Waals surface area contributed by atoms with Gasteiger partial charge in [-0.3, -0.25) is 4.79 Å². The number of aryl methyl sites for hydroxylation is 1. The number of amides is 1. The molecule has 1 aromatic carbocycles. The van der Waals surface area contributed by atoms with Crippen molar-refractivity contribution < 1.29 is 17.9 Å². The molecule has 0 unspecified atom stereocenters. The Morgan fingerprint density at radius 2 is 2.05 bits per heavy atom. The number of hydrogen-bond donors (Lipinski definition) is 2. The maximum absolute atomic E-state index is 12.1. The van der Waals surface area contributed by atoms with Crippen LogP contribution in [0, 0.1) is 6.92 Å². The van der Waals surface area contributed by atoms with Crippen molar-refractivity contribution in [1.82, 2.24) is 10.0 Å². The number of sulfonamides is 1. The summed E-state index contributed by atoms with van der Waals surface area (Å²) in [6.45, 7) is 4.06. The SMILES string of the molecule is CCCCNC(=O)CNS(=O)(=O)c1ccc(OC)c(C)c1. The Morgan fingerprint density at radius 3 is 2.62 bits per heavy atom. The highest BCUT2D eigenvalue weighted by Crippen LogP contribution is 2.20. The molecule has 1 rings (SSSR count). The van der Waals surface area contributed by atoms with E-state index in [9.17, 15) is 13.2 Å². The van der Waals surface area contributed by atoms with E-state index in [0.717, 1.165) is 12.8 Å². The zero-order chi connectivity index (χ0) is 15.9. The van der Waals surface area contributed by atoms with Gasteiger partial charge in [-0.2, -0.15) is 0 Å². The van der Waals surface area contributed by atoms with Crippen LogP contribution in [0.3, 0.4) is 0 Å². The van der Waals surface area contributed by atoms with E-state index in [0.29, 0.717) is 17.9 Å². The lowest BCUT2D eigenvalue weighted by Gasteiger charge is -2.10. The van der Waals surface area contributed by atoms with Crippen LogP contribution in [0.2, 0.25) is 0 Å². The number of rotatable bonds is 8. The molecule has 21 heavy (non-hydrogen) atoms. The van der Waals surface area contributed by atoms with Crippen LogP contribution in [0.5, 0.6) is 5.75 Å². The second-order valence-electron chi connectivity index (χ2n) is 4.66. The van der Waals surface area contributed by atoms with Crippen LogP contribution in [-0.4, -0.2) is 34.5 Å². The van der Waals surface area contributed by atoms with E-state index in [2.05, 4.69) is 10.0 Å². The van der Waals surface area contributed by atoms with Crippen LogP contribution in [0.4, 0.5) is 0 Å². The predicted molar refractivity (Wildman–Crippen MR) is 80.8 cm³/mol. The third-order valence-corrected chi connectivity index (χ3v) is 4.35. The van der Waals surface area contributed by atoms with E-state index in [1.165, 1.54) is 19.2 Å². The Labute approximate surface area is 125 Å². The summed E-state index contributed by atoms with van der Waals surface area (Å²) in [4.78, 5) is 11.6. The van der Waals surface area contributed by atoms with Gasteiger partial charge in [0, 0.05) is 6.54 Å². The second-order valence-corrected chi connectivity index (χ2v) is 6.43. The monoisotopic (exact) mass is 314 g/mol. The molecule has 1 amide bonds. The first-order valence-electron chi connectivity index (χ1n) is 6.81. The molecule has 0 aromatic heterocycles. The van der Waals surface area contributed by atoms with Gasteiger partial charge >= 0.3 is 0 Å². The number of hydrogen-bond acceptors (Lipinski definition) is 4. The Hall–Kier alpha value is -1.60. The maximum atomic E-state index is 12.1. The molecule has 0 aliphatic rings. The molecule has 0 saturated carbocycles. The highest BCUT2D eigenvalue weighted by molar-refractivity contribution is 7.89. The molecule has 0 fully saturated rings. The average Bonchev–Trinajstić information content (AvgIpc) is 2.45.